The van der Waals surface area contributed by atoms with Crippen molar-refractivity contribution in [2.75, 3.05) is 25.2 Å². The third-order valence-corrected chi connectivity index (χ3v) is 5.84. The van der Waals surface area contributed by atoms with Crippen molar-refractivity contribution in [3.05, 3.63) is 27.8 Å². The van der Waals surface area contributed by atoms with Crippen molar-refractivity contribution in [2.24, 2.45) is 0 Å². The van der Waals surface area contributed by atoms with E-state index < -0.39 is 31.9 Å². The molecule has 1 heterocycles. The highest BCUT2D eigenvalue weighted by Gasteiger charge is 2.40. The number of benzene rings is 1. The summed E-state index contributed by atoms with van der Waals surface area (Å²) in [6.07, 6.45) is 0.253. The van der Waals surface area contributed by atoms with Crippen LogP contribution in [0.15, 0.2) is 12.1 Å². The fraction of sp³-hybridized carbons (Fsp3) is 0.533. The van der Waals surface area contributed by atoms with Crippen LogP contribution in [0, 0.1) is 10.1 Å². The van der Waals surface area contributed by atoms with Gasteiger partial charge in [-0.2, -0.15) is 0 Å². The van der Waals surface area contributed by atoms with E-state index in [1.165, 1.54) is 13.2 Å². The Labute approximate surface area is 145 Å². The Hall–Kier alpha value is -2.36. The van der Waals surface area contributed by atoms with Gasteiger partial charge in [0, 0.05) is 6.07 Å². The molecule has 1 fully saturated rings. The van der Waals surface area contributed by atoms with Crippen LogP contribution in [0.3, 0.4) is 0 Å². The number of hydrogen-bond donors (Lipinski definition) is 1. The lowest BCUT2D eigenvalue weighted by atomic mass is 10.0. The number of sulfone groups is 1. The van der Waals surface area contributed by atoms with E-state index in [1.807, 2.05) is 0 Å². The van der Waals surface area contributed by atoms with Gasteiger partial charge < -0.3 is 14.8 Å². The van der Waals surface area contributed by atoms with E-state index in [0.717, 1.165) is 6.07 Å². The summed E-state index contributed by atoms with van der Waals surface area (Å²) in [6, 6.07) is 2.36. The van der Waals surface area contributed by atoms with Gasteiger partial charge in [0.2, 0.25) is 0 Å². The molecule has 25 heavy (non-hydrogen) atoms. The van der Waals surface area contributed by atoms with Gasteiger partial charge in [0.25, 0.3) is 11.6 Å². The fourth-order valence-corrected chi connectivity index (χ4v) is 4.85. The number of hydrogen-bond acceptors (Lipinski definition) is 7. The van der Waals surface area contributed by atoms with Crippen LogP contribution in [0.2, 0.25) is 0 Å². The summed E-state index contributed by atoms with van der Waals surface area (Å²) >= 11 is 0. The first-order valence-electron chi connectivity index (χ1n) is 7.63. The Kier molecular flexibility index (Phi) is 5.21. The van der Waals surface area contributed by atoms with E-state index in [9.17, 15) is 23.3 Å². The predicted molar refractivity (Wildman–Crippen MR) is 90.0 cm³/mol. The molecule has 10 heteroatoms. The van der Waals surface area contributed by atoms with Crippen LogP contribution in [0.5, 0.6) is 11.5 Å². The number of rotatable bonds is 6. The summed E-state index contributed by atoms with van der Waals surface area (Å²) < 4.78 is 33.8. The van der Waals surface area contributed by atoms with Crippen molar-refractivity contribution in [1.29, 1.82) is 0 Å². The van der Waals surface area contributed by atoms with Crippen LogP contribution in [0.4, 0.5) is 5.69 Å². The minimum atomic E-state index is -3.23. The first kappa shape index (κ1) is 19.0. The average Bonchev–Trinajstić information content (AvgIpc) is 2.80. The van der Waals surface area contributed by atoms with E-state index in [-0.39, 0.29) is 41.6 Å². The number of carbonyl (C=O) groups excluding carboxylic acids is 1. The number of carbonyl (C=O) groups is 1. The van der Waals surface area contributed by atoms with Crippen molar-refractivity contribution in [3.63, 3.8) is 0 Å². The summed E-state index contributed by atoms with van der Waals surface area (Å²) in [7, 11) is -1.89. The van der Waals surface area contributed by atoms with E-state index >= 15 is 0 Å². The van der Waals surface area contributed by atoms with Gasteiger partial charge in [-0.25, -0.2) is 8.42 Å². The molecule has 1 amide bonds. The van der Waals surface area contributed by atoms with Crippen molar-refractivity contribution in [1.82, 2.24) is 5.32 Å². The highest BCUT2D eigenvalue weighted by Crippen LogP contribution is 2.35. The average molecular weight is 372 g/mol. The van der Waals surface area contributed by atoms with Gasteiger partial charge in [-0.05, 0) is 20.3 Å². The lowest BCUT2D eigenvalue weighted by molar-refractivity contribution is -0.385. The smallest absolute Gasteiger partial charge is 0.286 e. The Balaban J connectivity index is 2.40. The highest BCUT2D eigenvalue weighted by atomic mass is 32.2. The summed E-state index contributed by atoms with van der Waals surface area (Å²) in [5.41, 5.74) is -1.61. The lowest BCUT2D eigenvalue weighted by Crippen LogP contribution is -2.47. The molecule has 1 aromatic carbocycles. The number of nitrogens with one attached hydrogen (secondary N) is 1. The Morgan fingerprint density at radius 1 is 1.40 bits per heavy atom. The van der Waals surface area contributed by atoms with E-state index in [4.69, 9.17) is 9.47 Å². The molecule has 2 rings (SSSR count). The number of nitro benzene ring substituents is 1. The molecule has 9 nitrogen and oxygen atoms in total. The Morgan fingerprint density at radius 3 is 2.56 bits per heavy atom. The second kappa shape index (κ2) is 6.87. The van der Waals surface area contributed by atoms with Crippen LogP contribution in [-0.2, 0) is 9.84 Å². The molecule has 0 aliphatic carbocycles. The predicted octanol–water partition coefficient (Wildman–Crippen LogP) is 1.31. The molecule has 1 saturated heterocycles. The number of ether oxygens (including phenoxy) is 2. The van der Waals surface area contributed by atoms with Gasteiger partial charge in [0.05, 0.1) is 41.8 Å². The van der Waals surface area contributed by atoms with Gasteiger partial charge in [-0.1, -0.05) is 0 Å². The molecule has 0 spiro atoms. The molecular formula is C15H20N2O7S. The SMILES string of the molecule is CCOc1cc(C(=O)NC2(C)CCS(=O)(=O)C2)c([N+](=O)[O-])cc1OC. The maximum atomic E-state index is 12.6. The second-order valence-electron chi connectivity index (χ2n) is 6.07. The van der Waals surface area contributed by atoms with Gasteiger partial charge in [-0.3, -0.25) is 14.9 Å². The zero-order chi connectivity index (χ0) is 18.8. The minimum Gasteiger partial charge on any atom is -0.493 e. The van der Waals surface area contributed by atoms with Gasteiger partial charge in [-0.15, -0.1) is 0 Å². The summed E-state index contributed by atoms with van der Waals surface area (Å²) in [6.45, 7) is 3.62. The van der Waals surface area contributed by atoms with E-state index in [2.05, 4.69) is 5.32 Å². The number of nitro groups is 1. The maximum absolute atomic E-state index is 12.6. The summed E-state index contributed by atoms with van der Waals surface area (Å²) in [5.74, 6) is -0.619. The van der Waals surface area contributed by atoms with Crippen molar-refractivity contribution >= 4 is 21.4 Å². The summed E-state index contributed by atoms with van der Waals surface area (Å²) in [4.78, 5) is 23.2. The Morgan fingerprint density at radius 2 is 2.08 bits per heavy atom. The van der Waals surface area contributed by atoms with Gasteiger partial charge >= 0.3 is 0 Å². The van der Waals surface area contributed by atoms with E-state index in [0.29, 0.717) is 0 Å². The molecule has 0 aromatic heterocycles. The van der Waals surface area contributed by atoms with Crippen LogP contribution in [0.1, 0.15) is 30.6 Å². The fourth-order valence-electron chi connectivity index (χ4n) is 2.76. The second-order valence-corrected chi connectivity index (χ2v) is 8.25. The molecule has 1 aromatic rings. The number of nitrogens with zero attached hydrogens (tertiary/aromatic N) is 1. The zero-order valence-corrected chi connectivity index (χ0v) is 15.0. The zero-order valence-electron chi connectivity index (χ0n) is 14.2. The molecular weight excluding hydrogens is 352 g/mol. The topological polar surface area (TPSA) is 125 Å². The standard InChI is InChI=1S/C15H20N2O7S/c1-4-24-13-7-10(11(17(19)20)8-12(13)23-3)14(18)16-15(2)5-6-25(21,22)9-15/h7-8H,4-6,9H2,1-3H3,(H,16,18). The third-order valence-electron chi connectivity index (χ3n) is 3.94. The van der Waals surface area contributed by atoms with Gasteiger partial charge in [0.15, 0.2) is 21.3 Å². The van der Waals surface area contributed by atoms with Crippen LogP contribution in [0.25, 0.3) is 0 Å². The molecule has 0 radical (unpaired) electrons. The molecule has 1 unspecified atom stereocenters. The Bertz CT molecular complexity index is 806. The van der Waals surface area contributed by atoms with Crippen LogP contribution in [-0.4, -0.2) is 50.0 Å². The largest absolute Gasteiger partial charge is 0.493 e. The van der Waals surface area contributed by atoms with E-state index in [1.54, 1.807) is 13.8 Å². The lowest BCUT2D eigenvalue weighted by Gasteiger charge is -2.24. The minimum absolute atomic E-state index is 0.0291. The molecule has 1 N–H and O–H groups in total. The number of amides is 1. The first-order chi connectivity index (χ1) is 11.6. The quantitative estimate of drug-likeness (QED) is 0.589. The summed E-state index contributed by atoms with van der Waals surface area (Å²) in [5, 5.41) is 13.9. The molecule has 0 bridgehead atoms. The molecule has 1 aliphatic heterocycles. The highest BCUT2D eigenvalue weighted by molar-refractivity contribution is 7.91. The normalized spacial score (nSPS) is 21.6. The number of methoxy groups -OCH3 is 1. The molecule has 1 atom stereocenters. The molecule has 138 valence electrons. The van der Waals surface area contributed by atoms with Crippen molar-refractivity contribution in [2.45, 2.75) is 25.8 Å². The first-order valence-corrected chi connectivity index (χ1v) is 9.45. The van der Waals surface area contributed by atoms with Crippen molar-refractivity contribution < 1.29 is 27.6 Å². The van der Waals surface area contributed by atoms with Crippen molar-refractivity contribution in [3.8, 4) is 11.5 Å². The third kappa shape index (κ3) is 4.19. The van der Waals surface area contributed by atoms with Gasteiger partial charge in [0.1, 0.15) is 5.56 Å². The van der Waals surface area contributed by atoms with Crippen LogP contribution >= 0.6 is 0 Å². The maximum Gasteiger partial charge on any atom is 0.286 e. The molecule has 1 aliphatic rings. The monoisotopic (exact) mass is 372 g/mol. The van der Waals surface area contributed by atoms with Crippen LogP contribution < -0.4 is 14.8 Å². The molecule has 0 saturated carbocycles.